The van der Waals surface area contributed by atoms with Crippen molar-refractivity contribution in [3.05, 3.63) is 0 Å². The first-order valence-electron chi connectivity index (χ1n) is 8.08. The van der Waals surface area contributed by atoms with Crippen LogP contribution in [-0.4, -0.2) is 26.3 Å². The van der Waals surface area contributed by atoms with Gasteiger partial charge < -0.3 is 10.2 Å². The van der Waals surface area contributed by atoms with Crippen LogP contribution in [-0.2, 0) is 0 Å². The summed E-state index contributed by atoms with van der Waals surface area (Å²) in [5.74, 6) is 1.35. The highest BCUT2D eigenvalue weighted by Gasteiger charge is 2.62. The molecule has 4 heteroatoms. The molecule has 0 bridgehead atoms. The topological polar surface area (TPSA) is 40.5 Å². The summed E-state index contributed by atoms with van der Waals surface area (Å²) in [4.78, 5) is 0. The minimum absolute atomic E-state index is 0.142. The largest absolute Gasteiger partial charge is 0.393 e. The highest BCUT2D eigenvalue weighted by molar-refractivity contribution is 6.49. The van der Waals surface area contributed by atoms with Crippen LogP contribution in [0.4, 0.5) is 0 Å². The molecule has 2 nitrogen and oxygen atoms in total. The molecule has 118 valence electrons. The Balaban J connectivity index is 1.82. The zero-order valence-corrected chi connectivity index (χ0v) is 14.1. The van der Waals surface area contributed by atoms with Gasteiger partial charge in [0.1, 0.15) is 4.33 Å². The Kier molecular flexibility index (Phi) is 5.33. The van der Waals surface area contributed by atoms with Crippen LogP contribution in [0.2, 0.25) is 0 Å². The summed E-state index contributed by atoms with van der Waals surface area (Å²) in [6, 6.07) is 0. The number of fused-ring (bicyclic) bond motifs is 1. The summed E-state index contributed by atoms with van der Waals surface area (Å²) in [5, 5.41) is 20.0. The maximum atomic E-state index is 10.4. The van der Waals surface area contributed by atoms with Crippen molar-refractivity contribution in [2.24, 2.45) is 17.8 Å². The molecule has 0 aromatic heterocycles. The van der Waals surface area contributed by atoms with Gasteiger partial charge in [0.2, 0.25) is 0 Å². The van der Waals surface area contributed by atoms with Crippen LogP contribution in [0.5, 0.6) is 0 Å². The summed E-state index contributed by atoms with van der Waals surface area (Å²) in [6.45, 7) is 3.80. The fraction of sp³-hybridized carbons (Fsp3) is 1.00. The molecule has 0 spiro atoms. The lowest BCUT2D eigenvalue weighted by Crippen LogP contribution is -2.41. The van der Waals surface area contributed by atoms with Crippen molar-refractivity contribution in [1.29, 1.82) is 0 Å². The second-order valence-electron chi connectivity index (χ2n) is 7.06. The van der Waals surface area contributed by atoms with Gasteiger partial charge in [-0.1, -0.05) is 49.4 Å². The van der Waals surface area contributed by atoms with Gasteiger partial charge in [0, 0.05) is 0 Å². The maximum absolute atomic E-state index is 10.4. The number of unbranched alkanes of at least 4 members (excludes halogenated alkanes) is 1. The van der Waals surface area contributed by atoms with Crippen molar-refractivity contribution in [3.8, 4) is 0 Å². The number of aliphatic hydroxyl groups is 2. The molecule has 0 heterocycles. The number of halogens is 2. The molecule has 20 heavy (non-hydrogen) atoms. The van der Waals surface area contributed by atoms with Gasteiger partial charge in [0.25, 0.3) is 0 Å². The van der Waals surface area contributed by atoms with E-state index in [0.717, 1.165) is 38.5 Å². The predicted octanol–water partition coefficient (Wildman–Crippen LogP) is 4.29. The van der Waals surface area contributed by atoms with Crippen molar-refractivity contribution in [1.82, 2.24) is 0 Å². The van der Waals surface area contributed by atoms with Crippen LogP contribution in [0.1, 0.15) is 65.2 Å². The Morgan fingerprint density at radius 3 is 2.60 bits per heavy atom. The van der Waals surface area contributed by atoms with Crippen molar-refractivity contribution >= 4 is 23.2 Å². The lowest BCUT2D eigenvalue weighted by atomic mass is 9.87. The molecule has 0 aromatic carbocycles. The second-order valence-corrected chi connectivity index (χ2v) is 8.44. The highest BCUT2D eigenvalue weighted by Crippen LogP contribution is 2.62. The van der Waals surface area contributed by atoms with Crippen LogP contribution >= 0.6 is 23.2 Å². The third-order valence-electron chi connectivity index (χ3n) is 5.62. The summed E-state index contributed by atoms with van der Waals surface area (Å²) >= 11 is 12.9. The van der Waals surface area contributed by atoms with Gasteiger partial charge in [-0.05, 0) is 56.8 Å². The molecular formula is C16H28Cl2O2. The number of hydrogen-bond donors (Lipinski definition) is 2. The van der Waals surface area contributed by atoms with E-state index < -0.39 is 9.93 Å². The minimum atomic E-state index is -0.981. The van der Waals surface area contributed by atoms with Gasteiger partial charge >= 0.3 is 0 Å². The quantitative estimate of drug-likeness (QED) is 0.565. The minimum Gasteiger partial charge on any atom is -0.393 e. The molecule has 2 aliphatic rings. The van der Waals surface area contributed by atoms with Crippen molar-refractivity contribution in [3.63, 3.8) is 0 Å². The highest BCUT2D eigenvalue weighted by atomic mass is 35.5. The van der Waals surface area contributed by atoms with Gasteiger partial charge in [-0.2, -0.15) is 0 Å². The number of alkyl halides is 2. The Morgan fingerprint density at radius 1 is 1.25 bits per heavy atom. The molecule has 2 saturated carbocycles. The Labute approximate surface area is 132 Å². The Morgan fingerprint density at radius 2 is 1.95 bits per heavy atom. The zero-order chi connectivity index (χ0) is 15.0. The van der Waals surface area contributed by atoms with E-state index in [2.05, 4.69) is 0 Å². The SMILES string of the molecule is CCC(O)CCCCC1CCC2C1CC(C)(O)C2(Cl)Cl. The molecule has 0 saturated heterocycles. The average molecular weight is 323 g/mol. The van der Waals surface area contributed by atoms with E-state index in [1.165, 1.54) is 12.8 Å². The van der Waals surface area contributed by atoms with E-state index in [1.54, 1.807) is 6.92 Å². The molecule has 2 rings (SSSR count). The van der Waals surface area contributed by atoms with E-state index in [9.17, 15) is 10.2 Å². The molecule has 2 aliphatic carbocycles. The molecule has 0 aliphatic heterocycles. The summed E-state index contributed by atoms with van der Waals surface area (Å²) in [7, 11) is 0. The van der Waals surface area contributed by atoms with E-state index in [0.29, 0.717) is 11.8 Å². The molecule has 0 radical (unpaired) electrons. The van der Waals surface area contributed by atoms with Crippen LogP contribution in [0.3, 0.4) is 0 Å². The maximum Gasteiger partial charge on any atom is 0.149 e. The van der Waals surface area contributed by atoms with Crippen LogP contribution in [0, 0.1) is 17.8 Å². The predicted molar refractivity (Wildman–Crippen MR) is 84.1 cm³/mol. The monoisotopic (exact) mass is 322 g/mol. The van der Waals surface area contributed by atoms with E-state index in [4.69, 9.17) is 23.2 Å². The van der Waals surface area contributed by atoms with Crippen LogP contribution < -0.4 is 0 Å². The van der Waals surface area contributed by atoms with Crippen molar-refractivity contribution in [2.75, 3.05) is 0 Å². The van der Waals surface area contributed by atoms with Gasteiger partial charge in [-0.15, -0.1) is 0 Å². The fourth-order valence-corrected chi connectivity index (χ4v) is 4.95. The number of hydrogen-bond acceptors (Lipinski definition) is 2. The molecule has 0 aromatic rings. The van der Waals surface area contributed by atoms with Crippen LogP contribution in [0.25, 0.3) is 0 Å². The standard InChI is InChI=1S/C16H28Cl2O2/c1-3-12(19)7-5-4-6-11-8-9-14-13(11)10-15(2,20)16(14,17)18/h11-14,19-20H,3-10H2,1-2H3. The second kappa shape index (κ2) is 6.32. The Hall–Kier alpha value is 0.500. The van der Waals surface area contributed by atoms with E-state index in [-0.39, 0.29) is 12.0 Å². The lowest BCUT2D eigenvalue weighted by molar-refractivity contribution is 0.0472. The lowest BCUT2D eigenvalue weighted by Gasteiger charge is -2.32. The first-order valence-corrected chi connectivity index (χ1v) is 8.83. The smallest absolute Gasteiger partial charge is 0.149 e. The molecule has 2 fully saturated rings. The Bertz CT molecular complexity index is 330. The molecule has 0 amide bonds. The first kappa shape index (κ1) is 16.9. The van der Waals surface area contributed by atoms with Gasteiger partial charge in [-0.3, -0.25) is 0 Å². The molecule has 5 atom stereocenters. The number of rotatable bonds is 6. The van der Waals surface area contributed by atoms with Gasteiger partial charge in [-0.25, -0.2) is 0 Å². The molecule has 5 unspecified atom stereocenters. The van der Waals surface area contributed by atoms with Gasteiger partial charge in [0.15, 0.2) is 0 Å². The normalized spacial score (nSPS) is 40.8. The summed E-state index contributed by atoms with van der Waals surface area (Å²) in [5.41, 5.74) is -0.956. The third-order valence-corrected chi connectivity index (χ3v) is 7.00. The first-order chi connectivity index (χ1) is 9.29. The van der Waals surface area contributed by atoms with E-state index in [1.807, 2.05) is 6.92 Å². The van der Waals surface area contributed by atoms with Gasteiger partial charge in [0.05, 0.1) is 11.7 Å². The van der Waals surface area contributed by atoms with Crippen molar-refractivity contribution < 1.29 is 10.2 Å². The fourth-order valence-electron chi connectivity index (χ4n) is 4.25. The average Bonchev–Trinajstić information content (AvgIpc) is 2.83. The van der Waals surface area contributed by atoms with E-state index >= 15 is 0 Å². The molecule has 2 N–H and O–H groups in total. The van der Waals surface area contributed by atoms with Crippen molar-refractivity contribution in [2.45, 2.75) is 81.3 Å². The van der Waals surface area contributed by atoms with Crippen LogP contribution in [0.15, 0.2) is 0 Å². The zero-order valence-electron chi connectivity index (χ0n) is 12.6. The summed E-state index contributed by atoms with van der Waals surface area (Å²) in [6.07, 6.45) is 7.99. The summed E-state index contributed by atoms with van der Waals surface area (Å²) < 4.78 is -0.981. The third kappa shape index (κ3) is 3.14. The number of aliphatic hydroxyl groups excluding tert-OH is 1. The molecular weight excluding hydrogens is 295 g/mol.